The van der Waals surface area contributed by atoms with Crippen LogP contribution in [0, 0.1) is 6.92 Å². The van der Waals surface area contributed by atoms with Crippen LogP contribution < -0.4 is 15.0 Å². The van der Waals surface area contributed by atoms with Gasteiger partial charge in [0.1, 0.15) is 17.3 Å². The normalized spacial score (nSPS) is 13.7. The third-order valence-corrected chi connectivity index (χ3v) is 5.13. The number of benzene rings is 2. The second kappa shape index (κ2) is 9.47. The van der Waals surface area contributed by atoms with Gasteiger partial charge in [-0.15, -0.1) is 0 Å². The molecule has 7 nitrogen and oxygen atoms in total. The van der Waals surface area contributed by atoms with Gasteiger partial charge in [0.15, 0.2) is 0 Å². The van der Waals surface area contributed by atoms with Crippen molar-refractivity contribution in [3.05, 3.63) is 71.9 Å². The van der Waals surface area contributed by atoms with Gasteiger partial charge in [0.25, 0.3) is 5.91 Å². The number of piperazine rings is 1. The Morgan fingerprint density at radius 3 is 2.32 bits per heavy atom. The fourth-order valence-corrected chi connectivity index (χ4v) is 3.55. The number of nitrogens with one attached hydrogen (secondary N) is 1. The number of nitrogens with zero attached hydrogens (tertiary/aromatic N) is 4. The molecule has 0 radical (unpaired) electrons. The average Bonchev–Trinajstić information content (AvgIpc) is 2.80. The number of aromatic nitrogens is 2. The predicted molar refractivity (Wildman–Crippen MR) is 122 cm³/mol. The SMILES string of the molecule is CCNc1cc(C)nc(N2CCN(C(=O)c3ccc(Oc4ccccc4)cc3)CC2)n1. The second-order valence-corrected chi connectivity index (χ2v) is 7.44. The topological polar surface area (TPSA) is 70.6 Å². The van der Waals surface area contributed by atoms with Crippen LogP contribution in [0.5, 0.6) is 11.5 Å². The summed E-state index contributed by atoms with van der Waals surface area (Å²) in [6.07, 6.45) is 0. The smallest absolute Gasteiger partial charge is 0.253 e. The van der Waals surface area contributed by atoms with E-state index in [-0.39, 0.29) is 5.91 Å². The maximum atomic E-state index is 12.9. The molecule has 7 heteroatoms. The Morgan fingerprint density at radius 2 is 1.65 bits per heavy atom. The van der Waals surface area contributed by atoms with E-state index < -0.39 is 0 Å². The lowest BCUT2D eigenvalue weighted by Gasteiger charge is -2.35. The highest BCUT2D eigenvalue weighted by atomic mass is 16.5. The molecule has 1 N–H and O–H groups in total. The van der Waals surface area contributed by atoms with Crippen LogP contribution >= 0.6 is 0 Å². The van der Waals surface area contributed by atoms with Gasteiger partial charge in [-0.2, -0.15) is 4.98 Å². The summed E-state index contributed by atoms with van der Waals surface area (Å²) < 4.78 is 5.81. The maximum Gasteiger partial charge on any atom is 0.253 e. The molecule has 1 saturated heterocycles. The lowest BCUT2D eigenvalue weighted by Crippen LogP contribution is -2.49. The van der Waals surface area contributed by atoms with Crippen molar-refractivity contribution in [3.8, 4) is 11.5 Å². The molecule has 1 fully saturated rings. The summed E-state index contributed by atoms with van der Waals surface area (Å²) in [7, 11) is 0. The molecule has 2 aromatic carbocycles. The highest BCUT2D eigenvalue weighted by Gasteiger charge is 2.24. The number of hydrogen-bond donors (Lipinski definition) is 1. The number of carbonyl (C=O) groups is 1. The van der Waals surface area contributed by atoms with E-state index in [0.717, 1.165) is 23.8 Å². The van der Waals surface area contributed by atoms with Gasteiger partial charge in [0, 0.05) is 50.0 Å². The molecule has 1 aliphatic rings. The molecule has 0 saturated carbocycles. The molecule has 1 aromatic heterocycles. The first-order chi connectivity index (χ1) is 15.1. The van der Waals surface area contributed by atoms with Crippen LogP contribution in [-0.4, -0.2) is 53.5 Å². The maximum absolute atomic E-state index is 12.9. The van der Waals surface area contributed by atoms with Crippen LogP contribution in [0.2, 0.25) is 0 Å². The van der Waals surface area contributed by atoms with Crippen LogP contribution in [0.4, 0.5) is 11.8 Å². The summed E-state index contributed by atoms with van der Waals surface area (Å²) in [5.74, 6) is 3.06. The van der Waals surface area contributed by atoms with Gasteiger partial charge in [-0.1, -0.05) is 18.2 Å². The average molecular weight is 418 g/mol. The van der Waals surface area contributed by atoms with Crippen molar-refractivity contribution in [1.29, 1.82) is 0 Å². The van der Waals surface area contributed by atoms with Crippen LogP contribution in [0.25, 0.3) is 0 Å². The molecular formula is C24H27N5O2. The number of aryl methyl sites for hydroxylation is 1. The van der Waals surface area contributed by atoms with E-state index in [2.05, 4.69) is 20.2 Å². The summed E-state index contributed by atoms with van der Waals surface area (Å²) >= 11 is 0. The van der Waals surface area contributed by atoms with Crippen molar-refractivity contribution in [2.24, 2.45) is 0 Å². The van der Waals surface area contributed by atoms with Gasteiger partial charge >= 0.3 is 0 Å². The van der Waals surface area contributed by atoms with Gasteiger partial charge < -0.3 is 19.9 Å². The van der Waals surface area contributed by atoms with Crippen molar-refractivity contribution in [1.82, 2.24) is 14.9 Å². The van der Waals surface area contributed by atoms with Crippen LogP contribution in [0.1, 0.15) is 23.0 Å². The van der Waals surface area contributed by atoms with Crippen molar-refractivity contribution in [3.63, 3.8) is 0 Å². The zero-order valence-corrected chi connectivity index (χ0v) is 17.9. The summed E-state index contributed by atoms with van der Waals surface area (Å²) in [6.45, 7) is 7.50. The van der Waals surface area contributed by atoms with E-state index in [1.165, 1.54) is 0 Å². The Kier molecular flexibility index (Phi) is 6.31. The highest BCUT2D eigenvalue weighted by molar-refractivity contribution is 5.94. The molecule has 1 aliphatic heterocycles. The summed E-state index contributed by atoms with van der Waals surface area (Å²) in [5.41, 5.74) is 1.59. The van der Waals surface area contributed by atoms with Gasteiger partial charge in [0.05, 0.1) is 0 Å². The summed E-state index contributed by atoms with van der Waals surface area (Å²) in [4.78, 5) is 26.1. The van der Waals surface area contributed by atoms with Crippen LogP contribution in [0.3, 0.4) is 0 Å². The Hall–Kier alpha value is -3.61. The van der Waals surface area contributed by atoms with E-state index in [4.69, 9.17) is 4.74 Å². The third kappa shape index (κ3) is 5.12. The fraction of sp³-hybridized carbons (Fsp3) is 0.292. The molecule has 0 aliphatic carbocycles. The molecule has 1 amide bonds. The van der Waals surface area contributed by atoms with E-state index in [9.17, 15) is 4.79 Å². The van der Waals surface area contributed by atoms with Gasteiger partial charge in [-0.05, 0) is 50.2 Å². The highest BCUT2D eigenvalue weighted by Crippen LogP contribution is 2.22. The first kappa shape index (κ1) is 20.7. The number of anilines is 2. The zero-order valence-electron chi connectivity index (χ0n) is 17.9. The minimum Gasteiger partial charge on any atom is -0.457 e. The monoisotopic (exact) mass is 417 g/mol. The first-order valence-electron chi connectivity index (χ1n) is 10.6. The van der Waals surface area contributed by atoms with Crippen LogP contribution in [-0.2, 0) is 0 Å². The largest absolute Gasteiger partial charge is 0.457 e. The fourth-order valence-electron chi connectivity index (χ4n) is 3.55. The zero-order chi connectivity index (χ0) is 21.6. The number of ether oxygens (including phenoxy) is 1. The summed E-state index contributed by atoms with van der Waals surface area (Å²) in [5, 5.41) is 3.24. The quantitative estimate of drug-likeness (QED) is 0.654. The van der Waals surface area contributed by atoms with E-state index in [1.807, 2.05) is 79.4 Å². The first-order valence-corrected chi connectivity index (χ1v) is 10.6. The van der Waals surface area contributed by atoms with Gasteiger partial charge in [-0.25, -0.2) is 4.98 Å². The van der Waals surface area contributed by atoms with E-state index >= 15 is 0 Å². The number of rotatable bonds is 6. The van der Waals surface area contributed by atoms with E-state index in [1.54, 1.807) is 0 Å². The molecule has 31 heavy (non-hydrogen) atoms. The second-order valence-electron chi connectivity index (χ2n) is 7.44. The number of carbonyl (C=O) groups excluding carboxylic acids is 1. The minimum atomic E-state index is 0.0319. The number of amides is 1. The number of para-hydroxylation sites is 1. The van der Waals surface area contributed by atoms with Crippen molar-refractivity contribution in [2.75, 3.05) is 42.9 Å². The Bertz CT molecular complexity index is 1020. The summed E-state index contributed by atoms with van der Waals surface area (Å²) in [6, 6.07) is 18.8. The molecule has 160 valence electrons. The Balaban J connectivity index is 1.36. The molecule has 0 bridgehead atoms. The van der Waals surface area contributed by atoms with Gasteiger partial charge in [0.2, 0.25) is 5.95 Å². The van der Waals surface area contributed by atoms with Crippen molar-refractivity contribution < 1.29 is 9.53 Å². The molecule has 0 unspecified atom stereocenters. The predicted octanol–water partition coefficient (Wildman–Crippen LogP) is 3.97. The minimum absolute atomic E-state index is 0.0319. The molecular weight excluding hydrogens is 390 g/mol. The molecule has 4 rings (SSSR count). The number of hydrogen-bond acceptors (Lipinski definition) is 6. The standard InChI is InChI=1S/C24H27N5O2/c1-3-25-22-17-18(2)26-24(27-22)29-15-13-28(14-16-29)23(30)19-9-11-21(12-10-19)31-20-7-5-4-6-8-20/h4-12,17H,3,13-16H2,1-2H3,(H,25,26,27). The van der Waals surface area contributed by atoms with E-state index in [0.29, 0.717) is 43.4 Å². The third-order valence-electron chi connectivity index (χ3n) is 5.13. The van der Waals surface area contributed by atoms with Crippen molar-refractivity contribution >= 4 is 17.7 Å². The molecule has 3 aromatic rings. The molecule has 2 heterocycles. The van der Waals surface area contributed by atoms with Crippen LogP contribution in [0.15, 0.2) is 60.7 Å². The lowest BCUT2D eigenvalue weighted by atomic mass is 10.1. The van der Waals surface area contributed by atoms with Gasteiger partial charge in [-0.3, -0.25) is 4.79 Å². The molecule has 0 atom stereocenters. The molecule has 0 spiro atoms. The Labute approximate surface area is 182 Å². The Morgan fingerprint density at radius 1 is 0.968 bits per heavy atom. The lowest BCUT2D eigenvalue weighted by molar-refractivity contribution is 0.0746. The van der Waals surface area contributed by atoms with Crippen molar-refractivity contribution in [2.45, 2.75) is 13.8 Å².